The summed E-state index contributed by atoms with van der Waals surface area (Å²) in [6.45, 7) is 0. The lowest BCUT2D eigenvalue weighted by atomic mass is 15.7. The van der Waals surface area contributed by atoms with Gasteiger partial charge in [-0.15, -0.1) is 0 Å². The summed E-state index contributed by atoms with van der Waals surface area (Å²) in [6.07, 6.45) is 0. The van der Waals surface area contributed by atoms with Gasteiger partial charge in [0.05, 0.1) is 0 Å². The Morgan fingerprint density at radius 1 is 1.15 bits per heavy atom. The van der Waals surface area contributed by atoms with Gasteiger partial charge in [0, 0.05) is 9.47 Å². The Morgan fingerprint density at radius 3 is 1.92 bits per heavy atom. The molecule has 0 saturated heterocycles. The van der Waals surface area contributed by atoms with Crippen LogP contribution in [-0.2, 0) is 43.4 Å². The number of hydrogen-bond acceptors (Lipinski definition) is 9. The lowest BCUT2D eigenvalue weighted by Gasteiger charge is -2.04. The summed E-state index contributed by atoms with van der Waals surface area (Å²) in [5, 5.41) is 0. The van der Waals surface area contributed by atoms with Gasteiger partial charge in [-0.2, -0.15) is 20.5 Å². The molecule has 0 N–H and O–H groups in total. The first-order valence-corrected chi connectivity index (χ1v) is 6.21. The second kappa shape index (κ2) is 4.70. The average Bonchev–Trinajstić information content (AvgIpc) is 1.81. The minimum absolute atomic E-state index is 1.18. The highest BCUT2D eigenvalue weighted by Gasteiger charge is 2.24. The minimum atomic E-state index is -5.19. The molecular formula is H2O9PS3-. The minimum Gasteiger partial charge on any atom is -0.749 e. The van der Waals surface area contributed by atoms with Crippen LogP contribution in [0.3, 0.4) is 0 Å². The van der Waals surface area contributed by atoms with E-state index < -0.39 is 32.2 Å². The second-order valence-electron chi connectivity index (χ2n) is 1.25. The molecule has 2 unspecified atom stereocenters. The van der Waals surface area contributed by atoms with Crippen molar-refractivity contribution in [3.63, 3.8) is 0 Å². The molecule has 2 atom stereocenters. The maximum atomic E-state index is 10.3. The van der Waals surface area contributed by atoms with E-state index in [1.54, 1.807) is 0 Å². The van der Waals surface area contributed by atoms with Gasteiger partial charge in [0.2, 0.25) is 0 Å². The summed E-state index contributed by atoms with van der Waals surface area (Å²) in [5.74, 6) is 0. The normalized spacial score (nSPS) is 15.5. The van der Waals surface area contributed by atoms with Crippen molar-refractivity contribution in [2.45, 2.75) is 0 Å². The van der Waals surface area contributed by atoms with Crippen LogP contribution in [0.15, 0.2) is 0 Å². The van der Waals surface area contributed by atoms with Gasteiger partial charge in [-0.05, 0) is 0 Å². The van der Waals surface area contributed by atoms with E-state index in [4.69, 9.17) is 0 Å². The van der Waals surface area contributed by atoms with Crippen LogP contribution >= 0.6 is 9.47 Å². The highest BCUT2D eigenvalue weighted by Crippen LogP contribution is 2.08. The van der Waals surface area contributed by atoms with Crippen molar-refractivity contribution >= 4 is 41.6 Å². The third kappa shape index (κ3) is 6.40. The maximum Gasteiger partial charge on any atom is 0.428 e. The van der Waals surface area contributed by atoms with E-state index in [0.717, 1.165) is 0 Å². The first kappa shape index (κ1) is 13.3. The zero-order valence-corrected chi connectivity index (χ0v) is 9.08. The summed E-state index contributed by atoms with van der Waals surface area (Å²) in [5.41, 5.74) is 0. The molecule has 0 bridgehead atoms. The highest BCUT2D eigenvalue weighted by molar-refractivity contribution is 7.99. The van der Waals surface area contributed by atoms with Gasteiger partial charge < -0.3 is 4.55 Å². The zero-order valence-electron chi connectivity index (χ0n) is 5.48. The van der Waals surface area contributed by atoms with E-state index in [-0.39, 0.29) is 0 Å². The fourth-order valence-electron chi connectivity index (χ4n) is 0.197. The van der Waals surface area contributed by atoms with Crippen LogP contribution in [0.2, 0.25) is 0 Å². The predicted molar refractivity (Wildman–Crippen MR) is 39.7 cm³/mol. The van der Waals surface area contributed by atoms with Gasteiger partial charge in [-0.3, -0.25) is 0 Å². The lowest BCUT2D eigenvalue weighted by molar-refractivity contribution is 0.353. The van der Waals surface area contributed by atoms with Gasteiger partial charge in [0.25, 0.3) is 0 Å². The van der Waals surface area contributed by atoms with Gasteiger partial charge in [0.1, 0.15) is 11.4 Å². The average molecular weight is 273 g/mol. The van der Waals surface area contributed by atoms with E-state index in [2.05, 4.69) is 11.2 Å². The van der Waals surface area contributed by atoms with Gasteiger partial charge in [-0.1, -0.05) is 3.63 Å². The standard InChI is InChI=1S/H3O9PS3/c1-11(2)8-13(5,6)9-12(3,4)7-10/h10H2,(H,1,2)/p-1. The summed E-state index contributed by atoms with van der Waals surface area (Å²) in [6, 6.07) is 0. The van der Waals surface area contributed by atoms with Crippen molar-refractivity contribution in [1.82, 2.24) is 0 Å². The molecule has 0 aromatic carbocycles. The van der Waals surface area contributed by atoms with Gasteiger partial charge in [0.15, 0.2) is 0 Å². The SMILES string of the molecule is O=S([O-])OS(=O)(=O)OS(=O)(=O)OP. The number of rotatable bonds is 5. The monoisotopic (exact) mass is 273 g/mol. The maximum absolute atomic E-state index is 10.3. The Bertz CT molecular complexity index is 371. The Morgan fingerprint density at radius 2 is 1.62 bits per heavy atom. The van der Waals surface area contributed by atoms with E-state index in [1.807, 2.05) is 0 Å². The van der Waals surface area contributed by atoms with Crippen LogP contribution in [-0.4, -0.2) is 25.6 Å². The Kier molecular flexibility index (Phi) is 4.82. The zero-order chi connectivity index (χ0) is 10.7. The van der Waals surface area contributed by atoms with E-state index >= 15 is 0 Å². The molecule has 0 radical (unpaired) electrons. The molecule has 13 heavy (non-hydrogen) atoms. The van der Waals surface area contributed by atoms with Crippen LogP contribution in [0.4, 0.5) is 0 Å². The molecule has 0 spiro atoms. The summed E-state index contributed by atoms with van der Waals surface area (Å²) < 4.78 is 70.2. The molecule has 0 aliphatic rings. The molecule has 13 heteroatoms. The summed E-state index contributed by atoms with van der Waals surface area (Å²) in [4.78, 5) is 0. The summed E-state index contributed by atoms with van der Waals surface area (Å²) in [7, 11) is -8.85. The summed E-state index contributed by atoms with van der Waals surface area (Å²) >= 11 is -3.46. The van der Waals surface area contributed by atoms with Crippen molar-refractivity contribution in [3.8, 4) is 0 Å². The fraction of sp³-hybridized carbons (Fsp3) is 0. The Hall–Kier alpha value is 0.320. The third-order valence-corrected chi connectivity index (χ3v) is 3.81. The van der Waals surface area contributed by atoms with Gasteiger partial charge in [-0.25, -0.2) is 8.18 Å². The predicted octanol–water partition coefficient (Wildman–Crippen LogP) is -1.89. The Balaban J connectivity index is 4.64. The van der Waals surface area contributed by atoms with E-state index in [0.29, 0.717) is 0 Å². The topological polar surface area (TPSA) is 136 Å². The molecule has 0 fully saturated rings. The first-order valence-electron chi connectivity index (χ1n) is 2.07. The fourth-order valence-corrected chi connectivity index (χ4v) is 2.27. The van der Waals surface area contributed by atoms with Crippen molar-refractivity contribution < 1.29 is 36.8 Å². The molecule has 0 aromatic rings. The second-order valence-corrected chi connectivity index (χ2v) is 5.15. The molecule has 0 amide bonds. The lowest BCUT2D eigenvalue weighted by Crippen LogP contribution is -2.16. The van der Waals surface area contributed by atoms with Crippen LogP contribution in [0.1, 0.15) is 0 Å². The quantitative estimate of drug-likeness (QED) is 0.415. The molecule has 0 rings (SSSR count). The smallest absolute Gasteiger partial charge is 0.428 e. The van der Waals surface area contributed by atoms with E-state index in [1.165, 1.54) is 9.47 Å². The van der Waals surface area contributed by atoms with Crippen molar-refractivity contribution in [2.24, 2.45) is 0 Å². The third-order valence-electron chi connectivity index (χ3n) is 0.423. The largest absolute Gasteiger partial charge is 0.749 e. The molecule has 0 saturated carbocycles. The van der Waals surface area contributed by atoms with Crippen molar-refractivity contribution in [2.75, 3.05) is 0 Å². The molecular weight excluding hydrogens is 271 g/mol. The molecule has 0 aromatic heterocycles. The van der Waals surface area contributed by atoms with Crippen LogP contribution < -0.4 is 0 Å². The molecule has 9 nitrogen and oxygen atoms in total. The van der Waals surface area contributed by atoms with Crippen LogP contribution in [0.25, 0.3) is 0 Å². The van der Waals surface area contributed by atoms with Crippen molar-refractivity contribution in [1.29, 1.82) is 0 Å². The van der Waals surface area contributed by atoms with Crippen LogP contribution in [0.5, 0.6) is 0 Å². The molecule has 0 aliphatic heterocycles. The van der Waals surface area contributed by atoms with Gasteiger partial charge >= 0.3 is 20.8 Å². The van der Waals surface area contributed by atoms with Crippen molar-refractivity contribution in [3.05, 3.63) is 0 Å². The first-order chi connectivity index (χ1) is 5.68. The highest BCUT2D eigenvalue weighted by atomic mass is 32.3. The van der Waals surface area contributed by atoms with E-state index in [9.17, 15) is 25.6 Å². The molecule has 0 aliphatic carbocycles. The van der Waals surface area contributed by atoms with Crippen LogP contribution in [0, 0.1) is 0 Å². The molecule has 80 valence electrons. The molecule has 0 heterocycles. The number of hydrogen-bond donors (Lipinski definition) is 0. The Labute approximate surface area is 78.8 Å².